The molecule has 1 saturated heterocycles. The zero-order valence-electron chi connectivity index (χ0n) is 11.5. The van der Waals surface area contributed by atoms with Crippen LogP contribution in [0.2, 0.25) is 0 Å². The van der Waals surface area contributed by atoms with E-state index in [9.17, 15) is 19.7 Å². The number of nitro groups is 1. The van der Waals surface area contributed by atoms with Gasteiger partial charge in [0.2, 0.25) is 5.91 Å². The van der Waals surface area contributed by atoms with Gasteiger partial charge in [-0.05, 0) is 18.6 Å². The van der Waals surface area contributed by atoms with E-state index in [-0.39, 0.29) is 29.4 Å². The van der Waals surface area contributed by atoms with Gasteiger partial charge in [0.15, 0.2) is 0 Å². The number of hydrogen-bond acceptors (Lipinski definition) is 6. The van der Waals surface area contributed by atoms with Gasteiger partial charge in [0.1, 0.15) is 5.69 Å². The summed E-state index contributed by atoms with van der Waals surface area (Å²) in [6.45, 7) is 1.04. The Morgan fingerprint density at radius 1 is 1.48 bits per heavy atom. The van der Waals surface area contributed by atoms with Crippen molar-refractivity contribution in [2.24, 2.45) is 0 Å². The van der Waals surface area contributed by atoms with Gasteiger partial charge in [0.25, 0.3) is 5.69 Å². The van der Waals surface area contributed by atoms with Crippen LogP contribution in [0.15, 0.2) is 18.2 Å². The number of benzene rings is 1. The highest BCUT2D eigenvalue weighted by Gasteiger charge is 2.24. The van der Waals surface area contributed by atoms with Crippen LogP contribution in [0, 0.1) is 10.1 Å². The molecule has 1 heterocycles. The van der Waals surface area contributed by atoms with Crippen molar-refractivity contribution >= 4 is 23.3 Å². The minimum atomic E-state index is -0.578. The van der Waals surface area contributed by atoms with E-state index < -0.39 is 10.9 Å². The first-order chi connectivity index (χ1) is 10.0. The van der Waals surface area contributed by atoms with Gasteiger partial charge in [-0.15, -0.1) is 0 Å². The molecule has 0 unspecified atom stereocenters. The van der Waals surface area contributed by atoms with Gasteiger partial charge >= 0.3 is 5.97 Å². The maximum atomic E-state index is 11.6. The molecule has 0 spiro atoms. The number of nitrogens with one attached hydrogen (secondary N) is 1. The van der Waals surface area contributed by atoms with E-state index in [0.717, 1.165) is 0 Å². The van der Waals surface area contributed by atoms with E-state index in [1.54, 1.807) is 4.90 Å². The topological polar surface area (TPSA) is 102 Å². The standard InChI is InChI=1S/C13H15N3O5/c1-21-13(18)9-3-4-10(16(19)20)11(7-9)15-6-2-5-14-12(17)8-15/h3-4,7H,2,5-6,8H2,1H3,(H,14,17). The third-order valence-corrected chi connectivity index (χ3v) is 3.20. The Hall–Kier alpha value is -2.64. The van der Waals surface area contributed by atoms with Crippen molar-refractivity contribution in [1.29, 1.82) is 0 Å². The molecule has 0 aliphatic carbocycles. The molecule has 1 fully saturated rings. The Balaban J connectivity index is 2.44. The maximum Gasteiger partial charge on any atom is 0.337 e. The molecule has 1 aliphatic heterocycles. The van der Waals surface area contributed by atoms with Crippen LogP contribution < -0.4 is 10.2 Å². The van der Waals surface area contributed by atoms with Crippen molar-refractivity contribution in [3.05, 3.63) is 33.9 Å². The Kier molecular flexibility index (Phi) is 4.36. The van der Waals surface area contributed by atoms with E-state index in [4.69, 9.17) is 0 Å². The molecule has 1 aromatic carbocycles. The van der Waals surface area contributed by atoms with Crippen LogP contribution in [0.5, 0.6) is 0 Å². The summed E-state index contributed by atoms with van der Waals surface area (Å²) in [6.07, 6.45) is 0.672. The molecule has 0 aromatic heterocycles. The molecule has 21 heavy (non-hydrogen) atoms. The second kappa shape index (κ2) is 6.21. The number of rotatable bonds is 3. The molecular weight excluding hydrogens is 278 g/mol. The quantitative estimate of drug-likeness (QED) is 0.500. The fourth-order valence-electron chi connectivity index (χ4n) is 2.19. The van der Waals surface area contributed by atoms with E-state index >= 15 is 0 Å². The van der Waals surface area contributed by atoms with Gasteiger partial charge < -0.3 is 15.0 Å². The fraction of sp³-hybridized carbons (Fsp3) is 0.385. The summed E-state index contributed by atoms with van der Waals surface area (Å²) in [4.78, 5) is 35.4. The van der Waals surface area contributed by atoms with Crippen molar-refractivity contribution in [1.82, 2.24) is 5.32 Å². The summed E-state index contributed by atoms with van der Waals surface area (Å²) in [5, 5.41) is 13.8. The first-order valence-corrected chi connectivity index (χ1v) is 6.41. The molecule has 112 valence electrons. The molecule has 1 N–H and O–H groups in total. The third-order valence-electron chi connectivity index (χ3n) is 3.20. The van der Waals surface area contributed by atoms with Crippen LogP contribution in [0.1, 0.15) is 16.8 Å². The number of esters is 1. The minimum Gasteiger partial charge on any atom is -0.465 e. The van der Waals surface area contributed by atoms with Gasteiger partial charge in [-0.25, -0.2) is 4.79 Å². The Morgan fingerprint density at radius 3 is 2.90 bits per heavy atom. The summed E-state index contributed by atoms with van der Waals surface area (Å²) >= 11 is 0. The van der Waals surface area contributed by atoms with Gasteiger partial charge in [0.05, 0.1) is 24.1 Å². The molecule has 0 saturated carbocycles. The highest BCUT2D eigenvalue weighted by atomic mass is 16.6. The molecule has 0 bridgehead atoms. The van der Waals surface area contributed by atoms with Crippen LogP contribution >= 0.6 is 0 Å². The predicted octanol–water partition coefficient (Wildman–Crippen LogP) is 0.708. The van der Waals surface area contributed by atoms with Crippen LogP contribution in [-0.2, 0) is 9.53 Å². The summed E-state index contributed by atoms with van der Waals surface area (Å²) in [7, 11) is 1.24. The first-order valence-electron chi connectivity index (χ1n) is 6.41. The summed E-state index contributed by atoms with van der Waals surface area (Å²) in [5.74, 6) is -0.782. The fourth-order valence-corrected chi connectivity index (χ4v) is 2.19. The normalized spacial score (nSPS) is 15.1. The summed E-state index contributed by atoms with van der Waals surface area (Å²) < 4.78 is 4.62. The average molecular weight is 293 g/mol. The number of amides is 1. The second-order valence-corrected chi connectivity index (χ2v) is 4.58. The molecule has 1 amide bonds. The number of methoxy groups -OCH3 is 1. The van der Waals surface area contributed by atoms with E-state index in [2.05, 4.69) is 10.1 Å². The van der Waals surface area contributed by atoms with Gasteiger partial charge in [0, 0.05) is 19.2 Å². The molecule has 0 atom stereocenters. The lowest BCUT2D eigenvalue weighted by molar-refractivity contribution is -0.384. The van der Waals surface area contributed by atoms with E-state index in [1.165, 1.54) is 25.3 Å². The summed E-state index contributed by atoms with van der Waals surface area (Å²) in [5.41, 5.74) is 0.319. The molecule has 8 heteroatoms. The SMILES string of the molecule is COC(=O)c1ccc([N+](=O)[O-])c(N2CCCNC(=O)C2)c1. The molecule has 1 aromatic rings. The Labute approximate surface area is 120 Å². The number of carbonyl (C=O) groups is 2. The molecule has 0 radical (unpaired) electrons. The van der Waals surface area contributed by atoms with Crippen LogP contribution in [-0.4, -0.2) is 43.5 Å². The number of anilines is 1. The number of ether oxygens (including phenoxy) is 1. The number of hydrogen-bond donors (Lipinski definition) is 1. The average Bonchev–Trinajstić information content (AvgIpc) is 2.70. The lowest BCUT2D eigenvalue weighted by Gasteiger charge is -2.21. The zero-order chi connectivity index (χ0) is 15.4. The second-order valence-electron chi connectivity index (χ2n) is 4.58. The monoisotopic (exact) mass is 293 g/mol. The molecule has 2 rings (SSSR count). The Bertz CT molecular complexity index is 587. The van der Waals surface area contributed by atoms with Gasteiger partial charge in [-0.2, -0.15) is 0 Å². The first kappa shape index (κ1) is 14.8. The molecular formula is C13H15N3O5. The van der Waals surface area contributed by atoms with Gasteiger partial charge in [-0.1, -0.05) is 0 Å². The number of nitrogens with zero attached hydrogens (tertiary/aromatic N) is 2. The summed E-state index contributed by atoms with van der Waals surface area (Å²) in [6, 6.07) is 3.98. The third kappa shape index (κ3) is 3.28. The zero-order valence-corrected chi connectivity index (χ0v) is 11.5. The Morgan fingerprint density at radius 2 is 2.24 bits per heavy atom. The highest BCUT2D eigenvalue weighted by Crippen LogP contribution is 2.30. The van der Waals surface area contributed by atoms with Gasteiger partial charge in [-0.3, -0.25) is 14.9 Å². The molecule has 8 nitrogen and oxygen atoms in total. The van der Waals surface area contributed by atoms with Crippen molar-refractivity contribution in [2.45, 2.75) is 6.42 Å². The number of nitro benzene ring substituents is 1. The van der Waals surface area contributed by atoms with E-state index in [1.807, 2.05) is 0 Å². The lowest BCUT2D eigenvalue weighted by Crippen LogP contribution is -2.33. The maximum absolute atomic E-state index is 11.6. The highest BCUT2D eigenvalue weighted by molar-refractivity contribution is 5.92. The van der Waals surface area contributed by atoms with Crippen LogP contribution in [0.4, 0.5) is 11.4 Å². The predicted molar refractivity (Wildman–Crippen MR) is 74.3 cm³/mol. The smallest absolute Gasteiger partial charge is 0.337 e. The van der Waals surface area contributed by atoms with E-state index in [0.29, 0.717) is 19.5 Å². The minimum absolute atomic E-state index is 0.0193. The van der Waals surface area contributed by atoms with Crippen LogP contribution in [0.3, 0.4) is 0 Å². The van der Waals surface area contributed by atoms with Crippen molar-refractivity contribution in [2.75, 3.05) is 31.6 Å². The van der Waals surface area contributed by atoms with Crippen molar-refractivity contribution in [3.63, 3.8) is 0 Å². The van der Waals surface area contributed by atoms with Crippen LogP contribution in [0.25, 0.3) is 0 Å². The number of carbonyl (C=O) groups excluding carboxylic acids is 2. The van der Waals surface area contributed by atoms with Crippen molar-refractivity contribution < 1.29 is 19.2 Å². The largest absolute Gasteiger partial charge is 0.465 e. The lowest BCUT2D eigenvalue weighted by atomic mass is 10.1. The van der Waals surface area contributed by atoms with Crippen molar-refractivity contribution in [3.8, 4) is 0 Å². The molecule has 1 aliphatic rings.